The third kappa shape index (κ3) is 6.66. The lowest BCUT2D eigenvalue weighted by molar-refractivity contribution is -0.119. The van der Waals surface area contributed by atoms with Crippen molar-refractivity contribution < 1.29 is 14.7 Å². The number of carbonyl (C=O) groups is 2. The molecule has 31 heavy (non-hydrogen) atoms. The number of carbonyl (C=O) groups excluding carboxylic acids is 1. The molecule has 8 heteroatoms. The van der Waals surface area contributed by atoms with Crippen molar-refractivity contribution in [3.05, 3.63) is 93.5 Å². The van der Waals surface area contributed by atoms with Gasteiger partial charge in [0.15, 0.2) is 0 Å². The van der Waals surface area contributed by atoms with Gasteiger partial charge < -0.3 is 14.7 Å². The van der Waals surface area contributed by atoms with Gasteiger partial charge >= 0.3 is 5.97 Å². The molecule has 0 bridgehead atoms. The van der Waals surface area contributed by atoms with Gasteiger partial charge in [0, 0.05) is 21.5 Å². The molecule has 0 aliphatic rings. The van der Waals surface area contributed by atoms with Gasteiger partial charge in [-0.25, -0.2) is 4.79 Å². The number of nitrogens with zero attached hydrogens (tertiary/aromatic N) is 1. The Hall–Kier alpha value is -2.67. The molecule has 0 radical (unpaired) electrons. The Morgan fingerprint density at radius 2 is 1.71 bits per heavy atom. The number of aryl methyl sites for hydroxylation is 1. The maximum atomic E-state index is 12.7. The minimum absolute atomic E-state index is 0.0765. The van der Waals surface area contributed by atoms with E-state index < -0.39 is 5.97 Å². The van der Waals surface area contributed by atoms with E-state index in [0.717, 1.165) is 16.1 Å². The zero-order valence-corrected chi connectivity index (χ0v) is 19.0. The Morgan fingerprint density at radius 3 is 2.42 bits per heavy atom. The van der Waals surface area contributed by atoms with Gasteiger partial charge in [0.25, 0.3) is 0 Å². The van der Waals surface area contributed by atoms with Crippen LogP contribution < -0.4 is 9.62 Å². The van der Waals surface area contributed by atoms with Gasteiger partial charge in [0.1, 0.15) is 6.54 Å². The van der Waals surface area contributed by atoms with Crippen molar-refractivity contribution in [3.63, 3.8) is 0 Å². The molecule has 1 amide bonds. The lowest BCUT2D eigenvalue weighted by Crippen LogP contribution is -2.34. The predicted octanol–water partition coefficient (Wildman–Crippen LogP) is 5.83. The highest BCUT2D eigenvalue weighted by Gasteiger charge is 2.16. The molecule has 3 rings (SSSR count). The summed E-state index contributed by atoms with van der Waals surface area (Å²) in [5, 5.41) is 13.2. The highest BCUT2D eigenvalue weighted by Crippen LogP contribution is 2.33. The molecule has 0 heterocycles. The maximum absolute atomic E-state index is 12.7. The van der Waals surface area contributed by atoms with Crippen LogP contribution >= 0.6 is 35.1 Å². The van der Waals surface area contributed by atoms with E-state index in [1.807, 2.05) is 35.5 Å². The second kappa shape index (κ2) is 10.6. The van der Waals surface area contributed by atoms with E-state index >= 15 is 0 Å². The number of halogens is 2. The fourth-order valence-electron chi connectivity index (χ4n) is 2.84. The summed E-state index contributed by atoms with van der Waals surface area (Å²) in [6, 6.07) is 19.4. The molecular formula is C23H20Cl2N2O3S. The standard InChI is InChI=1S/C23H20Cl2N2O3S/c1-15-5-6-19(25)12-21(15)27(31-20-9-7-18(24)8-10-20)14-22(28)26-13-16-3-2-4-17(11-16)23(29)30/h2-12H,13-14H2,1H3,(H,26,28)(H,29,30). The first-order valence-corrected chi connectivity index (χ1v) is 10.9. The van der Waals surface area contributed by atoms with Crippen LogP contribution in [0.4, 0.5) is 5.69 Å². The number of hydrogen-bond acceptors (Lipinski definition) is 4. The molecular weight excluding hydrogens is 455 g/mol. The minimum atomic E-state index is -1.00. The first-order chi connectivity index (χ1) is 14.8. The zero-order chi connectivity index (χ0) is 22.4. The van der Waals surface area contributed by atoms with Gasteiger partial charge in [-0.2, -0.15) is 0 Å². The SMILES string of the molecule is Cc1ccc(Cl)cc1N(CC(=O)NCc1cccc(C(=O)O)c1)Sc1ccc(Cl)cc1. The van der Waals surface area contributed by atoms with Crippen LogP contribution in [0.25, 0.3) is 0 Å². The molecule has 0 aliphatic carbocycles. The third-order valence-electron chi connectivity index (χ3n) is 4.42. The molecule has 0 fully saturated rings. The van der Waals surface area contributed by atoms with Crippen molar-refractivity contribution in [3.8, 4) is 0 Å². The quantitative estimate of drug-likeness (QED) is 0.401. The average Bonchev–Trinajstić information content (AvgIpc) is 2.75. The van der Waals surface area contributed by atoms with Crippen LogP contribution in [0.1, 0.15) is 21.5 Å². The third-order valence-corrected chi connectivity index (χ3v) is 5.94. The Balaban J connectivity index is 1.75. The van der Waals surface area contributed by atoms with E-state index in [9.17, 15) is 9.59 Å². The highest BCUT2D eigenvalue weighted by atomic mass is 35.5. The van der Waals surface area contributed by atoms with Crippen LogP contribution in [0.3, 0.4) is 0 Å². The van der Waals surface area contributed by atoms with E-state index in [0.29, 0.717) is 15.6 Å². The van der Waals surface area contributed by atoms with Crippen LogP contribution in [0, 0.1) is 6.92 Å². The minimum Gasteiger partial charge on any atom is -0.478 e. The number of carboxylic acids is 1. The van der Waals surface area contributed by atoms with Crippen LogP contribution in [0.15, 0.2) is 71.6 Å². The summed E-state index contributed by atoms with van der Waals surface area (Å²) in [5.41, 5.74) is 2.70. The van der Waals surface area contributed by atoms with E-state index in [4.69, 9.17) is 28.3 Å². The number of anilines is 1. The predicted molar refractivity (Wildman–Crippen MR) is 126 cm³/mol. The lowest BCUT2D eigenvalue weighted by atomic mass is 10.1. The van der Waals surface area contributed by atoms with Crippen LogP contribution in [-0.2, 0) is 11.3 Å². The Morgan fingerprint density at radius 1 is 1.00 bits per heavy atom. The van der Waals surface area contributed by atoms with Crippen LogP contribution in [0.5, 0.6) is 0 Å². The lowest BCUT2D eigenvalue weighted by Gasteiger charge is -2.25. The topological polar surface area (TPSA) is 69.6 Å². The second-order valence-electron chi connectivity index (χ2n) is 6.79. The molecule has 0 aromatic heterocycles. The fourth-order valence-corrected chi connectivity index (χ4v) is 4.12. The van der Waals surface area contributed by atoms with Crippen LogP contribution in [-0.4, -0.2) is 23.5 Å². The molecule has 3 aromatic carbocycles. The first kappa shape index (κ1) is 23.0. The van der Waals surface area contributed by atoms with E-state index in [1.54, 1.807) is 36.4 Å². The second-order valence-corrected chi connectivity index (χ2v) is 8.76. The molecule has 0 saturated heterocycles. The number of rotatable bonds is 8. The maximum Gasteiger partial charge on any atom is 0.335 e. The van der Waals surface area contributed by atoms with Gasteiger partial charge in [-0.05, 0) is 78.5 Å². The van der Waals surface area contributed by atoms with Crippen LogP contribution in [0.2, 0.25) is 10.0 Å². The van der Waals surface area contributed by atoms with Gasteiger partial charge in [-0.1, -0.05) is 41.4 Å². The van der Waals surface area contributed by atoms with Gasteiger partial charge in [-0.3, -0.25) is 4.79 Å². The Kier molecular flexibility index (Phi) is 7.85. The largest absolute Gasteiger partial charge is 0.478 e. The van der Waals surface area contributed by atoms with Crippen molar-refractivity contribution in [2.75, 3.05) is 10.8 Å². The molecule has 0 aliphatic heterocycles. The number of nitrogens with one attached hydrogen (secondary N) is 1. The van der Waals surface area contributed by atoms with E-state index in [1.165, 1.54) is 18.0 Å². The number of hydrogen-bond donors (Lipinski definition) is 2. The van der Waals surface area contributed by atoms with Crippen molar-refractivity contribution in [1.29, 1.82) is 0 Å². The summed E-state index contributed by atoms with van der Waals surface area (Å²) >= 11 is 13.6. The summed E-state index contributed by atoms with van der Waals surface area (Å²) in [7, 11) is 0. The van der Waals surface area contributed by atoms with Gasteiger partial charge in [0.05, 0.1) is 11.3 Å². The molecule has 0 unspecified atom stereocenters. The first-order valence-electron chi connectivity index (χ1n) is 9.38. The average molecular weight is 475 g/mol. The Bertz CT molecular complexity index is 1090. The van der Waals surface area contributed by atoms with Crippen molar-refractivity contribution in [1.82, 2.24) is 5.32 Å². The van der Waals surface area contributed by atoms with Gasteiger partial charge in [0.2, 0.25) is 5.91 Å². The number of aromatic carboxylic acids is 1. The number of benzene rings is 3. The summed E-state index contributed by atoms with van der Waals surface area (Å²) in [5.74, 6) is -1.21. The summed E-state index contributed by atoms with van der Waals surface area (Å²) in [6.45, 7) is 2.26. The molecule has 0 spiro atoms. The van der Waals surface area contributed by atoms with Crippen molar-refractivity contribution in [2.45, 2.75) is 18.4 Å². The van der Waals surface area contributed by atoms with Gasteiger partial charge in [-0.15, -0.1) is 0 Å². The molecule has 0 saturated carbocycles. The molecule has 5 nitrogen and oxygen atoms in total. The summed E-state index contributed by atoms with van der Waals surface area (Å²) in [6.07, 6.45) is 0. The summed E-state index contributed by atoms with van der Waals surface area (Å²) in [4.78, 5) is 24.8. The number of carboxylic acid groups (broad SMARTS) is 1. The highest BCUT2D eigenvalue weighted by molar-refractivity contribution is 8.00. The van der Waals surface area contributed by atoms with E-state index in [2.05, 4.69) is 5.32 Å². The smallest absolute Gasteiger partial charge is 0.335 e. The molecule has 0 atom stereocenters. The fraction of sp³-hybridized carbons (Fsp3) is 0.130. The zero-order valence-electron chi connectivity index (χ0n) is 16.6. The molecule has 160 valence electrons. The van der Waals surface area contributed by atoms with E-state index in [-0.39, 0.29) is 24.6 Å². The van der Waals surface area contributed by atoms with Crippen molar-refractivity contribution in [2.24, 2.45) is 0 Å². The monoisotopic (exact) mass is 474 g/mol. The number of amides is 1. The normalized spacial score (nSPS) is 10.5. The molecule has 3 aromatic rings. The van der Waals surface area contributed by atoms with Crippen molar-refractivity contribution >= 4 is 52.7 Å². The summed E-state index contributed by atoms with van der Waals surface area (Å²) < 4.78 is 1.87. The Labute approximate surface area is 195 Å². The molecule has 2 N–H and O–H groups in total.